The molecule has 1 amide bonds. The molecule has 0 aliphatic carbocycles. The number of aromatic nitrogens is 4. The first-order chi connectivity index (χ1) is 17.2. The number of carbonyl (C=O) groups is 1. The van der Waals surface area contributed by atoms with Crippen LogP contribution in [0.25, 0.3) is 11.3 Å². The van der Waals surface area contributed by atoms with Gasteiger partial charge >= 0.3 is 6.18 Å². The molecule has 0 saturated carbocycles. The summed E-state index contributed by atoms with van der Waals surface area (Å²) >= 11 is 0. The third-order valence-electron chi connectivity index (χ3n) is 5.83. The summed E-state index contributed by atoms with van der Waals surface area (Å²) in [6, 6.07) is 8.23. The van der Waals surface area contributed by atoms with E-state index in [9.17, 15) is 18.0 Å². The summed E-state index contributed by atoms with van der Waals surface area (Å²) in [7, 11) is 3.83. The van der Waals surface area contributed by atoms with E-state index in [1.165, 1.54) is 18.2 Å². The van der Waals surface area contributed by atoms with Crippen LogP contribution in [0.3, 0.4) is 0 Å². The quantitative estimate of drug-likeness (QED) is 0.441. The highest BCUT2D eigenvalue weighted by Gasteiger charge is 2.37. The molecule has 8 nitrogen and oxygen atoms in total. The number of alkyl halides is 3. The molecule has 2 aromatic heterocycles. The van der Waals surface area contributed by atoms with Gasteiger partial charge in [0.15, 0.2) is 0 Å². The van der Waals surface area contributed by atoms with Gasteiger partial charge in [0.05, 0.1) is 30.5 Å². The van der Waals surface area contributed by atoms with Crippen LogP contribution in [-0.4, -0.2) is 75.5 Å². The maximum atomic E-state index is 12.9. The van der Waals surface area contributed by atoms with Crippen LogP contribution in [0.4, 0.5) is 13.2 Å². The number of ether oxygens (including phenoxy) is 1. The lowest BCUT2D eigenvalue weighted by molar-refractivity contribution is -0.137. The van der Waals surface area contributed by atoms with Crippen molar-refractivity contribution in [3.05, 3.63) is 78.3 Å². The van der Waals surface area contributed by atoms with E-state index in [4.69, 9.17) is 4.74 Å². The first-order valence-electron chi connectivity index (χ1n) is 11.4. The molecule has 1 aromatic carbocycles. The average molecular weight is 501 g/mol. The van der Waals surface area contributed by atoms with Gasteiger partial charge in [-0.25, -0.2) is 4.68 Å². The highest BCUT2D eigenvalue weighted by molar-refractivity contribution is 5.87. The highest BCUT2D eigenvalue weighted by atomic mass is 19.4. The minimum Gasteiger partial charge on any atom is -0.369 e. The van der Waals surface area contributed by atoms with Gasteiger partial charge in [0.2, 0.25) is 5.91 Å². The number of halogens is 3. The fourth-order valence-corrected chi connectivity index (χ4v) is 3.90. The van der Waals surface area contributed by atoms with Gasteiger partial charge in [0, 0.05) is 43.7 Å². The van der Waals surface area contributed by atoms with Gasteiger partial charge in [-0.3, -0.25) is 9.78 Å². The number of benzene rings is 1. The summed E-state index contributed by atoms with van der Waals surface area (Å²) in [5, 5.41) is 8.51. The molecule has 0 spiro atoms. The van der Waals surface area contributed by atoms with E-state index in [2.05, 4.69) is 15.3 Å². The number of likely N-dealkylation sites (N-methyl/N-ethyl adjacent to an activating group) is 1. The number of likely N-dealkylation sites (tertiary alicyclic amines) is 1. The smallest absolute Gasteiger partial charge is 0.369 e. The van der Waals surface area contributed by atoms with E-state index in [1.807, 2.05) is 25.1 Å². The van der Waals surface area contributed by atoms with Crippen molar-refractivity contribution in [1.29, 1.82) is 0 Å². The van der Waals surface area contributed by atoms with Crippen LogP contribution < -0.4 is 0 Å². The molecule has 11 heteroatoms. The number of hydrogen-bond donors (Lipinski definition) is 0. The Bertz CT molecular complexity index is 1180. The number of carbonyl (C=O) groups excluding carboxylic acids is 1. The van der Waals surface area contributed by atoms with Crippen molar-refractivity contribution in [2.75, 3.05) is 33.7 Å². The standard InChI is InChI=1S/C25H27F3N6O2/c1-32(2)12-4-6-24(35)33-15-22(34-14-21(30-31-34)19-5-3-11-29-13-19)23(16-33)36-17-18-7-9-20(10-8-18)25(26,27)28/h3-11,13-14,22-23H,12,15-17H2,1-2H3/b6-4+/t22-,23-/m1/s1. The second kappa shape index (κ2) is 11.0. The lowest BCUT2D eigenvalue weighted by atomic mass is 10.1. The van der Waals surface area contributed by atoms with E-state index in [-0.39, 0.29) is 18.6 Å². The Morgan fingerprint density at radius 3 is 2.64 bits per heavy atom. The SMILES string of the molecule is CN(C)C/C=C/C(=O)N1C[C@@H](n2cc(-c3cccnc3)nn2)[C@H](OCc2ccc(C(F)(F)F)cc2)C1. The van der Waals surface area contributed by atoms with Gasteiger partial charge in [-0.05, 0) is 43.9 Å². The highest BCUT2D eigenvalue weighted by Crippen LogP contribution is 2.30. The van der Waals surface area contributed by atoms with Gasteiger partial charge in [-0.2, -0.15) is 13.2 Å². The Morgan fingerprint density at radius 2 is 1.97 bits per heavy atom. The average Bonchev–Trinajstić information content (AvgIpc) is 3.50. The molecule has 2 atom stereocenters. The Labute approximate surface area is 207 Å². The summed E-state index contributed by atoms with van der Waals surface area (Å²) in [6.07, 6.45) is 3.65. The van der Waals surface area contributed by atoms with Crippen LogP contribution in [0.2, 0.25) is 0 Å². The maximum absolute atomic E-state index is 12.9. The van der Waals surface area contributed by atoms with Crippen LogP contribution in [0, 0.1) is 0 Å². The van der Waals surface area contributed by atoms with Crippen LogP contribution in [0.5, 0.6) is 0 Å². The topological polar surface area (TPSA) is 76.4 Å². The molecule has 0 unspecified atom stereocenters. The first-order valence-corrected chi connectivity index (χ1v) is 11.4. The van der Waals surface area contributed by atoms with Crippen LogP contribution in [0.1, 0.15) is 17.2 Å². The van der Waals surface area contributed by atoms with Crippen molar-refractivity contribution >= 4 is 5.91 Å². The Balaban J connectivity index is 1.50. The fourth-order valence-electron chi connectivity index (χ4n) is 3.90. The van der Waals surface area contributed by atoms with E-state index < -0.39 is 17.8 Å². The first kappa shape index (κ1) is 25.5. The molecular formula is C25H27F3N6O2. The van der Waals surface area contributed by atoms with Gasteiger partial charge in [-0.1, -0.05) is 23.4 Å². The van der Waals surface area contributed by atoms with Gasteiger partial charge < -0.3 is 14.5 Å². The lowest BCUT2D eigenvalue weighted by Gasteiger charge is -2.19. The second-order valence-electron chi connectivity index (χ2n) is 8.84. The number of pyridine rings is 1. The molecular weight excluding hydrogens is 473 g/mol. The molecule has 1 aliphatic heterocycles. The second-order valence-corrected chi connectivity index (χ2v) is 8.84. The Kier molecular flexibility index (Phi) is 7.80. The van der Waals surface area contributed by atoms with Gasteiger partial charge in [0.25, 0.3) is 0 Å². The van der Waals surface area contributed by atoms with E-state index >= 15 is 0 Å². The summed E-state index contributed by atoms with van der Waals surface area (Å²) in [5.74, 6) is -0.143. The molecule has 3 aromatic rings. The van der Waals surface area contributed by atoms with Crippen molar-refractivity contribution in [2.45, 2.75) is 24.9 Å². The van der Waals surface area contributed by atoms with E-state index in [0.717, 1.165) is 17.7 Å². The lowest BCUT2D eigenvalue weighted by Crippen LogP contribution is -2.28. The molecule has 0 N–H and O–H groups in total. The zero-order valence-corrected chi connectivity index (χ0v) is 20.0. The molecule has 1 saturated heterocycles. The molecule has 1 aliphatic rings. The van der Waals surface area contributed by atoms with Crippen LogP contribution in [-0.2, 0) is 22.3 Å². The number of hydrogen-bond acceptors (Lipinski definition) is 6. The third-order valence-corrected chi connectivity index (χ3v) is 5.83. The minimum atomic E-state index is -4.39. The predicted molar refractivity (Wildman–Crippen MR) is 127 cm³/mol. The normalized spacial score (nSPS) is 18.4. The zero-order chi connectivity index (χ0) is 25.7. The summed E-state index contributed by atoms with van der Waals surface area (Å²) in [5.41, 5.74) is 1.34. The zero-order valence-electron chi connectivity index (χ0n) is 20.0. The summed E-state index contributed by atoms with van der Waals surface area (Å²) in [4.78, 5) is 20.5. The number of nitrogens with zero attached hydrogens (tertiary/aromatic N) is 6. The van der Waals surface area contributed by atoms with Gasteiger partial charge in [-0.15, -0.1) is 5.10 Å². The molecule has 190 valence electrons. The van der Waals surface area contributed by atoms with Crippen molar-refractivity contribution in [2.24, 2.45) is 0 Å². The molecule has 3 heterocycles. The molecule has 0 bridgehead atoms. The molecule has 0 radical (unpaired) electrons. The number of amides is 1. The summed E-state index contributed by atoms with van der Waals surface area (Å²) in [6.45, 7) is 1.41. The molecule has 4 rings (SSSR count). The van der Waals surface area contributed by atoms with Crippen LogP contribution in [0.15, 0.2) is 67.1 Å². The summed E-state index contributed by atoms with van der Waals surface area (Å²) < 4.78 is 46.4. The van der Waals surface area contributed by atoms with Crippen molar-refractivity contribution in [1.82, 2.24) is 29.8 Å². The minimum absolute atomic E-state index is 0.0992. The Morgan fingerprint density at radius 1 is 1.19 bits per heavy atom. The molecule has 1 fully saturated rings. The Hall–Kier alpha value is -3.57. The van der Waals surface area contributed by atoms with E-state index in [0.29, 0.717) is 30.9 Å². The number of rotatable bonds is 8. The monoisotopic (exact) mass is 500 g/mol. The van der Waals surface area contributed by atoms with Gasteiger partial charge in [0.1, 0.15) is 5.69 Å². The van der Waals surface area contributed by atoms with E-state index in [1.54, 1.807) is 40.3 Å². The molecule has 36 heavy (non-hydrogen) atoms. The van der Waals surface area contributed by atoms with Crippen LogP contribution >= 0.6 is 0 Å². The largest absolute Gasteiger partial charge is 0.416 e. The fraction of sp³-hybridized carbons (Fsp3) is 0.360. The van der Waals surface area contributed by atoms with Crippen molar-refractivity contribution in [3.8, 4) is 11.3 Å². The van der Waals surface area contributed by atoms with Crippen molar-refractivity contribution in [3.63, 3.8) is 0 Å². The third kappa shape index (κ3) is 6.35. The van der Waals surface area contributed by atoms with Crippen molar-refractivity contribution < 1.29 is 22.7 Å². The predicted octanol–water partition coefficient (Wildman–Crippen LogP) is 3.45. The maximum Gasteiger partial charge on any atom is 0.416 e.